The third-order valence-electron chi connectivity index (χ3n) is 3.18. The van der Waals surface area contributed by atoms with Gasteiger partial charge in [-0.05, 0) is 30.3 Å². The molecule has 0 atom stereocenters. The number of hydrogen-bond donors (Lipinski definition) is 1. The van der Waals surface area contributed by atoms with Crippen LogP contribution in [0.4, 0.5) is 13.2 Å². The maximum atomic E-state index is 13.1. The van der Waals surface area contributed by atoms with Crippen molar-refractivity contribution in [3.63, 3.8) is 0 Å². The number of phenols is 1. The average molecular weight is 329 g/mol. The molecule has 1 heterocycles. The van der Waals surface area contributed by atoms with Crippen LogP contribution in [0.5, 0.6) is 5.75 Å². The van der Waals surface area contributed by atoms with Gasteiger partial charge in [-0.1, -0.05) is 23.7 Å². The van der Waals surface area contributed by atoms with Crippen molar-refractivity contribution >= 4 is 22.6 Å². The van der Waals surface area contributed by atoms with E-state index in [-0.39, 0.29) is 32.1 Å². The molecule has 0 spiro atoms. The molecule has 3 aromatic rings. The van der Waals surface area contributed by atoms with Gasteiger partial charge in [0.1, 0.15) is 5.75 Å². The van der Waals surface area contributed by atoms with E-state index in [0.717, 1.165) is 4.57 Å². The zero-order valence-electron chi connectivity index (χ0n) is 10.8. The summed E-state index contributed by atoms with van der Waals surface area (Å²) < 4.78 is 40.0. The first-order chi connectivity index (χ1) is 10.3. The highest BCUT2D eigenvalue weighted by molar-refractivity contribution is 6.30. The minimum Gasteiger partial charge on any atom is -0.506 e. The second-order valence-electron chi connectivity index (χ2n) is 4.54. The maximum Gasteiger partial charge on any atom is 0.493 e. The number of fused-ring (bicyclic) bond motifs is 1. The molecule has 2 aromatic carbocycles. The fourth-order valence-electron chi connectivity index (χ4n) is 2.30. The molecule has 4 nitrogen and oxygen atoms in total. The van der Waals surface area contributed by atoms with Crippen molar-refractivity contribution in [2.24, 2.45) is 0 Å². The summed E-state index contributed by atoms with van der Waals surface area (Å²) in [7, 11) is 0. The molecule has 0 aliphatic carbocycles. The number of rotatable bonds is 1. The van der Waals surface area contributed by atoms with Crippen LogP contribution in [0.25, 0.3) is 16.7 Å². The van der Waals surface area contributed by atoms with Gasteiger partial charge >= 0.3 is 12.0 Å². The van der Waals surface area contributed by atoms with Crippen molar-refractivity contribution in [3.05, 3.63) is 58.0 Å². The molecule has 8 heteroatoms. The number of nitrogens with zero attached hydrogens (tertiary/aromatic N) is 2. The summed E-state index contributed by atoms with van der Waals surface area (Å²) in [5.41, 5.74) is -1.73. The predicted molar refractivity (Wildman–Crippen MR) is 75.5 cm³/mol. The van der Waals surface area contributed by atoms with E-state index < -0.39 is 12.0 Å². The molecule has 0 saturated carbocycles. The fourth-order valence-corrected chi connectivity index (χ4v) is 2.47. The highest BCUT2D eigenvalue weighted by atomic mass is 35.5. The van der Waals surface area contributed by atoms with Gasteiger partial charge in [-0.2, -0.15) is 0 Å². The quantitative estimate of drug-likeness (QED) is 0.741. The molecule has 22 heavy (non-hydrogen) atoms. The van der Waals surface area contributed by atoms with Crippen molar-refractivity contribution in [3.8, 4) is 11.4 Å². The molecule has 0 aliphatic heterocycles. The van der Waals surface area contributed by atoms with Gasteiger partial charge in [0.25, 0.3) is 0 Å². The molecular weight excluding hydrogens is 321 g/mol. The first-order valence-electron chi connectivity index (χ1n) is 6.09. The number of imidazole rings is 1. The molecule has 3 rings (SSSR count). The van der Waals surface area contributed by atoms with Crippen molar-refractivity contribution in [1.82, 2.24) is 9.13 Å². The number of alkyl halides is 3. The summed E-state index contributed by atoms with van der Waals surface area (Å²) in [4.78, 5) is 12.3. The number of aromatic nitrogens is 2. The third kappa shape index (κ3) is 2.14. The molecule has 0 saturated heterocycles. The van der Waals surface area contributed by atoms with E-state index in [4.69, 9.17) is 11.6 Å². The highest BCUT2D eigenvalue weighted by Gasteiger charge is 2.36. The van der Waals surface area contributed by atoms with E-state index in [9.17, 15) is 23.1 Å². The largest absolute Gasteiger partial charge is 0.506 e. The minimum atomic E-state index is -4.88. The zero-order valence-corrected chi connectivity index (χ0v) is 11.6. The number of para-hydroxylation sites is 2. The molecule has 114 valence electrons. The van der Waals surface area contributed by atoms with Crippen LogP contribution in [0.3, 0.4) is 0 Å². The van der Waals surface area contributed by atoms with Gasteiger partial charge < -0.3 is 5.11 Å². The van der Waals surface area contributed by atoms with Gasteiger partial charge in [0.2, 0.25) is 0 Å². The normalized spacial score (nSPS) is 12.0. The molecule has 0 bridgehead atoms. The Bertz CT molecular complexity index is 928. The Balaban J connectivity index is 2.48. The van der Waals surface area contributed by atoms with E-state index >= 15 is 0 Å². The average Bonchev–Trinajstić information content (AvgIpc) is 2.73. The lowest BCUT2D eigenvalue weighted by molar-refractivity contribution is -0.203. The second-order valence-corrected chi connectivity index (χ2v) is 4.98. The lowest BCUT2D eigenvalue weighted by Crippen LogP contribution is -2.31. The van der Waals surface area contributed by atoms with Crippen LogP contribution in [0.15, 0.2) is 47.3 Å². The Hall–Kier alpha value is -2.41. The van der Waals surface area contributed by atoms with E-state index in [2.05, 4.69) is 0 Å². The molecular formula is C14H8ClF3N2O2. The summed E-state index contributed by atoms with van der Waals surface area (Å²) in [6, 6.07) is 9.25. The molecule has 0 radical (unpaired) electrons. The second kappa shape index (κ2) is 4.81. The minimum absolute atomic E-state index is 0.0161. The van der Waals surface area contributed by atoms with Crippen molar-refractivity contribution in [2.45, 2.75) is 6.30 Å². The zero-order chi connectivity index (χ0) is 16.1. The molecule has 1 aromatic heterocycles. The predicted octanol–water partition coefficient (Wildman–Crippen LogP) is 3.63. The number of aromatic hydroxyl groups is 1. The maximum absolute atomic E-state index is 13.1. The van der Waals surface area contributed by atoms with Gasteiger partial charge in [-0.15, -0.1) is 13.2 Å². The van der Waals surface area contributed by atoms with E-state index in [1.807, 2.05) is 0 Å². The van der Waals surface area contributed by atoms with Gasteiger partial charge in [0.05, 0.1) is 16.7 Å². The van der Waals surface area contributed by atoms with Crippen LogP contribution in [0.2, 0.25) is 5.02 Å². The Morgan fingerprint density at radius 2 is 1.68 bits per heavy atom. The lowest BCUT2D eigenvalue weighted by Gasteiger charge is -2.07. The number of benzene rings is 2. The molecule has 1 N–H and O–H groups in total. The van der Waals surface area contributed by atoms with Crippen LogP contribution >= 0.6 is 11.6 Å². The molecule has 0 fully saturated rings. The standard InChI is InChI=1S/C14H8ClF3N2O2/c15-8-5-6-12(21)11(7-8)19-9-3-1-2-4-10(9)20(13(19)22)14(16,17)18/h1-7,21H. The monoisotopic (exact) mass is 328 g/mol. The van der Waals surface area contributed by atoms with Crippen LogP contribution < -0.4 is 5.69 Å². The summed E-state index contributed by atoms with van der Waals surface area (Å²) in [5, 5.41) is 10.1. The van der Waals surface area contributed by atoms with Gasteiger partial charge in [-0.3, -0.25) is 4.57 Å². The molecule has 0 unspecified atom stereocenters. The first-order valence-corrected chi connectivity index (χ1v) is 6.47. The number of halogens is 4. The van der Waals surface area contributed by atoms with E-state index in [1.54, 1.807) is 0 Å². The van der Waals surface area contributed by atoms with E-state index in [0.29, 0.717) is 0 Å². The Morgan fingerprint density at radius 1 is 1.05 bits per heavy atom. The van der Waals surface area contributed by atoms with Crippen molar-refractivity contribution in [2.75, 3.05) is 0 Å². The van der Waals surface area contributed by atoms with Crippen molar-refractivity contribution in [1.29, 1.82) is 0 Å². The van der Waals surface area contributed by atoms with Crippen LogP contribution in [0, 0.1) is 0 Å². The lowest BCUT2D eigenvalue weighted by atomic mass is 10.2. The van der Waals surface area contributed by atoms with Gasteiger partial charge in [-0.25, -0.2) is 9.36 Å². The smallest absolute Gasteiger partial charge is 0.493 e. The number of hydrogen-bond acceptors (Lipinski definition) is 2. The topological polar surface area (TPSA) is 47.2 Å². The van der Waals surface area contributed by atoms with Crippen molar-refractivity contribution < 1.29 is 18.3 Å². The Kier molecular flexibility index (Phi) is 3.17. The Morgan fingerprint density at radius 3 is 2.32 bits per heavy atom. The summed E-state index contributed by atoms with van der Waals surface area (Å²) in [6.07, 6.45) is -4.88. The SMILES string of the molecule is O=c1n(-c2cc(Cl)ccc2O)c2ccccc2n1C(F)(F)F. The Labute approximate surface area is 126 Å². The van der Waals surface area contributed by atoms with E-state index in [1.165, 1.54) is 42.5 Å². The summed E-state index contributed by atoms with van der Waals surface area (Å²) in [6.45, 7) is 0. The van der Waals surface area contributed by atoms with Gasteiger partial charge in [0, 0.05) is 5.02 Å². The number of phenolic OH excluding ortho intramolecular Hbond substituents is 1. The summed E-state index contributed by atoms with van der Waals surface area (Å²) in [5.74, 6) is -0.350. The van der Waals surface area contributed by atoms with Crippen LogP contribution in [0.1, 0.15) is 0 Å². The van der Waals surface area contributed by atoms with Gasteiger partial charge in [0.15, 0.2) is 0 Å². The fraction of sp³-hybridized carbons (Fsp3) is 0.0714. The summed E-state index contributed by atoms with van der Waals surface area (Å²) >= 11 is 5.81. The first kappa shape index (κ1) is 14.5. The van der Waals surface area contributed by atoms with Crippen LogP contribution in [-0.2, 0) is 6.30 Å². The molecule has 0 amide bonds. The van der Waals surface area contributed by atoms with Crippen LogP contribution in [-0.4, -0.2) is 14.2 Å². The highest BCUT2D eigenvalue weighted by Crippen LogP contribution is 2.31. The third-order valence-corrected chi connectivity index (χ3v) is 3.41. The molecule has 0 aliphatic rings.